The summed E-state index contributed by atoms with van der Waals surface area (Å²) >= 11 is 0. The summed E-state index contributed by atoms with van der Waals surface area (Å²) in [6, 6.07) is 7.42. The second-order valence-corrected chi connectivity index (χ2v) is 5.29. The quantitative estimate of drug-likeness (QED) is 0.803. The molecule has 0 aromatic heterocycles. The molecule has 0 atom stereocenters. The predicted octanol–water partition coefficient (Wildman–Crippen LogP) is 1.67. The van der Waals surface area contributed by atoms with E-state index in [9.17, 15) is 8.42 Å². The summed E-state index contributed by atoms with van der Waals surface area (Å²) in [5, 5.41) is 1.12. The number of hydrogen-bond donors (Lipinski definition) is 0. The first kappa shape index (κ1) is 10.9. The lowest BCUT2D eigenvalue weighted by atomic mass is 10.2. The molecule has 1 aromatic carbocycles. The fourth-order valence-electron chi connectivity index (χ4n) is 1.32. The summed E-state index contributed by atoms with van der Waals surface area (Å²) in [6.07, 6.45) is 1.27. The van der Waals surface area contributed by atoms with Crippen molar-refractivity contribution in [2.24, 2.45) is 4.99 Å². The Hall–Kier alpha value is -1.62. The molecule has 0 fully saturated rings. The molecule has 0 amide bonds. The number of aliphatic imine (C=N–C) groups is 1. The molecule has 0 N–H and O–H groups in total. The summed E-state index contributed by atoms with van der Waals surface area (Å²) in [5.41, 5.74) is 1.06. The molecule has 0 radical (unpaired) electrons. The van der Waals surface area contributed by atoms with E-state index in [-0.39, 0.29) is 11.7 Å². The van der Waals surface area contributed by atoms with Gasteiger partial charge < -0.3 is 4.74 Å². The van der Waals surface area contributed by atoms with Gasteiger partial charge in [0, 0.05) is 6.20 Å². The molecular weight excluding hydrogens is 226 g/mol. The van der Waals surface area contributed by atoms with Crippen molar-refractivity contribution in [3.05, 3.63) is 41.4 Å². The van der Waals surface area contributed by atoms with Crippen LogP contribution in [0.1, 0.15) is 5.56 Å². The van der Waals surface area contributed by atoms with Gasteiger partial charge in [0.2, 0.25) is 9.84 Å². The van der Waals surface area contributed by atoms with Crippen molar-refractivity contribution in [1.29, 1.82) is 0 Å². The van der Waals surface area contributed by atoms with Crippen molar-refractivity contribution < 1.29 is 13.2 Å². The zero-order valence-electron chi connectivity index (χ0n) is 8.75. The molecule has 0 saturated heterocycles. The number of nitrogens with zero attached hydrogens (tertiary/aromatic N) is 1. The first-order valence-electron chi connectivity index (χ1n) is 4.76. The summed E-state index contributed by atoms with van der Waals surface area (Å²) in [4.78, 5) is 3.75. The molecular formula is C11H11NO3S. The van der Waals surface area contributed by atoms with Gasteiger partial charge in [-0.15, -0.1) is 0 Å². The zero-order valence-corrected chi connectivity index (χ0v) is 9.57. The summed E-state index contributed by atoms with van der Waals surface area (Å²) < 4.78 is 28.1. The largest absolute Gasteiger partial charge is 0.487 e. The van der Waals surface area contributed by atoms with Crippen LogP contribution in [0.2, 0.25) is 0 Å². The van der Waals surface area contributed by atoms with E-state index in [2.05, 4.69) is 4.99 Å². The Labute approximate surface area is 94.2 Å². The molecule has 1 aliphatic rings. The summed E-state index contributed by atoms with van der Waals surface area (Å²) in [6.45, 7) is 1.91. The standard InChI is InChI=1S/C11H11NO3S/c1-9-3-2-4-10(7-9)15-8-11-12-5-6-16(11,13)14/h2-7H,8H2,1H3. The molecule has 0 saturated carbocycles. The molecule has 1 aliphatic heterocycles. The first-order chi connectivity index (χ1) is 7.58. The fraction of sp³-hybridized carbons (Fsp3) is 0.182. The monoisotopic (exact) mass is 237 g/mol. The molecule has 0 aliphatic carbocycles. The minimum absolute atomic E-state index is 0.0290. The van der Waals surface area contributed by atoms with Crippen molar-refractivity contribution in [3.63, 3.8) is 0 Å². The van der Waals surface area contributed by atoms with Crippen LogP contribution in [0.15, 0.2) is 40.9 Å². The van der Waals surface area contributed by atoms with Gasteiger partial charge in [-0.1, -0.05) is 12.1 Å². The maximum atomic E-state index is 11.4. The van der Waals surface area contributed by atoms with E-state index in [0.717, 1.165) is 11.0 Å². The highest BCUT2D eigenvalue weighted by Crippen LogP contribution is 2.14. The van der Waals surface area contributed by atoms with Gasteiger partial charge in [0.25, 0.3) is 0 Å². The Morgan fingerprint density at radius 2 is 2.19 bits per heavy atom. The number of rotatable bonds is 3. The third-order valence-electron chi connectivity index (χ3n) is 2.14. The second-order valence-electron chi connectivity index (χ2n) is 3.46. The van der Waals surface area contributed by atoms with Crippen molar-refractivity contribution in [2.45, 2.75) is 6.92 Å². The number of ether oxygens (including phenoxy) is 1. The minimum atomic E-state index is -3.32. The SMILES string of the molecule is Cc1cccc(OCC2=NC=CS2(=O)=O)c1. The van der Waals surface area contributed by atoms with Gasteiger partial charge in [0.1, 0.15) is 12.4 Å². The Morgan fingerprint density at radius 3 is 2.81 bits per heavy atom. The Bertz CT molecular complexity index is 558. The topological polar surface area (TPSA) is 55.7 Å². The van der Waals surface area contributed by atoms with Crippen molar-refractivity contribution in [3.8, 4) is 5.75 Å². The highest BCUT2D eigenvalue weighted by atomic mass is 32.2. The van der Waals surface area contributed by atoms with Crippen molar-refractivity contribution in [2.75, 3.05) is 6.61 Å². The summed E-state index contributed by atoms with van der Waals surface area (Å²) in [7, 11) is -3.32. The van der Waals surface area contributed by atoms with Gasteiger partial charge in [0.05, 0.1) is 5.41 Å². The maximum absolute atomic E-state index is 11.4. The Morgan fingerprint density at radius 1 is 1.38 bits per heavy atom. The minimum Gasteiger partial charge on any atom is -0.487 e. The average molecular weight is 237 g/mol. The van der Waals surface area contributed by atoms with Gasteiger partial charge >= 0.3 is 0 Å². The van der Waals surface area contributed by atoms with Crippen LogP contribution in [0.25, 0.3) is 0 Å². The highest BCUT2D eigenvalue weighted by Gasteiger charge is 2.20. The van der Waals surface area contributed by atoms with Crippen LogP contribution in [-0.2, 0) is 9.84 Å². The normalized spacial score (nSPS) is 17.2. The average Bonchev–Trinajstić information content (AvgIpc) is 2.55. The molecule has 1 heterocycles. The van der Waals surface area contributed by atoms with Gasteiger partial charge in [-0.3, -0.25) is 0 Å². The number of sulfone groups is 1. The first-order valence-corrected chi connectivity index (χ1v) is 6.30. The van der Waals surface area contributed by atoms with E-state index in [1.54, 1.807) is 6.07 Å². The van der Waals surface area contributed by atoms with Crippen molar-refractivity contribution in [1.82, 2.24) is 0 Å². The van der Waals surface area contributed by atoms with E-state index < -0.39 is 9.84 Å². The molecule has 0 unspecified atom stereocenters. The number of hydrogen-bond acceptors (Lipinski definition) is 4. The molecule has 4 nitrogen and oxygen atoms in total. The molecule has 1 aromatic rings. The van der Waals surface area contributed by atoms with Gasteiger partial charge in [0.15, 0.2) is 5.04 Å². The van der Waals surface area contributed by atoms with E-state index in [0.29, 0.717) is 5.75 Å². The van der Waals surface area contributed by atoms with E-state index >= 15 is 0 Å². The molecule has 0 spiro atoms. The van der Waals surface area contributed by atoms with Gasteiger partial charge in [-0.2, -0.15) is 0 Å². The molecule has 16 heavy (non-hydrogen) atoms. The molecule has 84 valence electrons. The lowest BCUT2D eigenvalue weighted by molar-refractivity contribution is 0.378. The molecule has 0 bridgehead atoms. The zero-order chi connectivity index (χ0) is 11.6. The van der Waals surface area contributed by atoms with E-state index in [4.69, 9.17) is 4.74 Å². The third-order valence-corrected chi connectivity index (χ3v) is 3.50. The van der Waals surface area contributed by atoms with Crippen LogP contribution in [0.3, 0.4) is 0 Å². The number of benzene rings is 1. The molecule has 2 rings (SSSR count). The Balaban J connectivity index is 2.04. The van der Waals surface area contributed by atoms with Crippen molar-refractivity contribution >= 4 is 14.9 Å². The lowest BCUT2D eigenvalue weighted by Gasteiger charge is -2.06. The Kier molecular flexibility index (Phi) is 2.78. The third kappa shape index (κ3) is 2.30. The lowest BCUT2D eigenvalue weighted by Crippen LogP contribution is -2.17. The smallest absolute Gasteiger partial charge is 0.218 e. The van der Waals surface area contributed by atoms with Crippen LogP contribution in [0.5, 0.6) is 5.75 Å². The summed E-state index contributed by atoms with van der Waals surface area (Å²) in [5.74, 6) is 0.643. The van der Waals surface area contributed by atoms with Crippen LogP contribution < -0.4 is 4.74 Å². The fourth-order valence-corrected chi connectivity index (χ4v) is 2.12. The molecule has 5 heteroatoms. The van der Waals surface area contributed by atoms with Crippen LogP contribution in [-0.4, -0.2) is 20.1 Å². The second kappa shape index (κ2) is 4.09. The van der Waals surface area contributed by atoms with E-state index in [1.165, 1.54) is 6.20 Å². The maximum Gasteiger partial charge on any atom is 0.218 e. The van der Waals surface area contributed by atoms with E-state index in [1.807, 2.05) is 25.1 Å². The van der Waals surface area contributed by atoms with Gasteiger partial charge in [-0.05, 0) is 24.6 Å². The number of aryl methyl sites for hydroxylation is 1. The van der Waals surface area contributed by atoms with Crippen LogP contribution in [0.4, 0.5) is 0 Å². The van der Waals surface area contributed by atoms with Crippen LogP contribution >= 0.6 is 0 Å². The predicted molar refractivity (Wildman–Crippen MR) is 62.2 cm³/mol. The van der Waals surface area contributed by atoms with Gasteiger partial charge in [-0.25, -0.2) is 13.4 Å². The van der Waals surface area contributed by atoms with Crippen LogP contribution in [0, 0.1) is 6.92 Å². The highest BCUT2D eigenvalue weighted by molar-refractivity contribution is 8.09.